The molecule has 6 heteroatoms. The van der Waals surface area contributed by atoms with Gasteiger partial charge in [0.15, 0.2) is 5.71 Å². The minimum atomic E-state index is -1.04. The van der Waals surface area contributed by atoms with Crippen LogP contribution in [-0.2, 0) is 5.54 Å². The van der Waals surface area contributed by atoms with E-state index < -0.39 is 5.54 Å². The van der Waals surface area contributed by atoms with Gasteiger partial charge in [-0.15, -0.1) is 0 Å². The summed E-state index contributed by atoms with van der Waals surface area (Å²) in [6.07, 6.45) is 4.41. The lowest BCUT2D eigenvalue weighted by Gasteiger charge is -2.34. The van der Waals surface area contributed by atoms with Gasteiger partial charge in [0.05, 0.1) is 5.69 Å². The smallest absolute Gasteiger partial charge is 0.270 e. The van der Waals surface area contributed by atoms with Crippen molar-refractivity contribution in [2.75, 3.05) is 18.0 Å². The second-order valence-electron chi connectivity index (χ2n) is 10.9. The molecule has 1 aromatic heterocycles. The summed E-state index contributed by atoms with van der Waals surface area (Å²) in [5, 5.41) is 14.2. The lowest BCUT2D eigenvalue weighted by molar-refractivity contribution is -0.545. The maximum atomic E-state index is 14.8. The fraction of sp³-hybridized carbons (Fsp3) is 0.303. The number of nitrogens with zero attached hydrogens (tertiary/aromatic N) is 4. The average Bonchev–Trinajstić information content (AvgIpc) is 3.28. The number of hydrogen-bond acceptors (Lipinski definition) is 4. The van der Waals surface area contributed by atoms with Gasteiger partial charge in [-0.05, 0) is 50.5 Å². The van der Waals surface area contributed by atoms with Crippen LogP contribution in [0.1, 0.15) is 55.7 Å². The van der Waals surface area contributed by atoms with E-state index in [9.17, 15) is 10.0 Å². The summed E-state index contributed by atoms with van der Waals surface area (Å²) >= 11 is 0. The fourth-order valence-electron chi connectivity index (χ4n) is 6.01. The van der Waals surface area contributed by atoms with Crippen molar-refractivity contribution < 1.29 is 4.74 Å². The van der Waals surface area contributed by atoms with Crippen LogP contribution in [-0.4, -0.2) is 33.1 Å². The topological polar surface area (TPSA) is 64.2 Å². The lowest BCUT2D eigenvalue weighted by atomic mass is 9.89. The molecule has 0 spiro atoms. The van der Waals surface area contributed by atoms with Crippen LogP contribution < -0.4 is 10.5 Å². The Kier molecular flexibility index (Phi) is 6.55. The Morgan fingerprint density at radius 2 is 1.49 bits per heavy atom. The van der Waals surface area contributed by atoms with Gasteiger partial charge in [0, 0.05) is 44.0 Å². The number of rotatable bonds is 5. The minimum Gasteiger partial charge on any atom is -0.623 e. The second kappa shape index (κ2) is 10.2. The van der Waals surface area contributed by atoms with Crippen molar-refractivity contribution in [2.24, 2.45) is 0 Å². The standard InChI is InChI=1S/C33H34N4O2/c1-24-16-18-25(19-17-24)28-20-21-33(2,37(28)39)29-31(35-22-10-5-11-23-35)34-30(26-12-6-3-7-13-26)36(32(29)38)27-14-8-4-9-15-27/h3-4,6-9,12-19H,5,10-11,20-23H2,1-2H3. The molecule has 2 aliphatic heterocycles. The van der Waals surface area contributed by atoms with E-state index in [-0.39, 0.29) is 5.56 Å². The molecule has 39 heavy (non-hydrogen) atoms. The van der Waals surface area contributed by atoms with Crippen LogP contribution in [0.3, 0.4) is 0 Å². The van der Waals surface area contributed by atoms with Crippen LogP contribution in [0.2, 0.25) is 0 Å². The van der Waals surface area contributed by atoms with Gasteiger partial charge in [0.25, 0.3) is 5.56 Å². The Bertz CT molecular complexity index is 1570. The Labute approximate surface area is 229 Å². The highest BCUT2D eigenvalue weighted by atomic mass is 16.5. The molecule has 0 aliphatic carbocycles. The largest absolute Gasteiger partial charge is 0.623 e. The van der Waals surface area contributed by atoms with Crippen molar-refractivity contribution >= 4 is 11.5 Å². The second-order valence-corrected chi connectivity index (χ2v) is 10.9. The number of benzene rings is 3. The number of anilines is 1. The summed E-state index contributed by atoms with van der Waals surface area (Å²) in [4.78, 5) is 22.3. The number of aromatic nitrogens is 2. The summed E-state index contributed by atoms with van der Waals surface area (Å²) in [5.74, 6) is 1.25. The normalized spacial score (nSPS) is 19.5. The van der Waals surface area contributed by atoms with E-state index in [0.29, 0.717) is 30.0 Å². The van der Waals surface area contributed by atoms with E-state index in [2.05, 4.69) is 4.90 Å². The number of aryl methyl sites for hydroxylation is 1. The number of hydrogen-bond donors (Lipinski definition) is 0. The van der Waals surface area contributed by atoms with E-state index >= 15 is 0 Å². The predicted molar refractivity (Wildman–Crippen MR) is 157 cm³/mol. The van der Waals surface area contributed by atoms with Gasteiger partial charge in [-0.1, -0.05) is 66.2 Å². The molecule has 0 radical (unpaired) electrons. The molecular weight excluding hydrogens is 484 g/mol. The minimum absolute atomic E-state index is 0.177. The van der Waals surface area contributed by atoms with Crippen molar-refractivity contribution in [2.45, 2.75) is 51.5 Å². The predicted octanol–water partition coefficient (Wildman–Crippen LogP) is 6.21. The molecule has 3 aromatic carbocycles. The highest BCUT2D eigenvalue weighted by molar-refractivity contribution is 5.98. The van der Waals surface area contributed by atoms with Gasteiger partial charge in [0.1, 0.15) is 17.2 Å². The Balaban J connectivity index is 1.64. The molecule has 1 fully saturated rings. The van der Waals surface area contributed by atoms with E-state index in [0.717, 1.165) is 65.2 Å². The molecule has 198 valence electrons. The quantitative estimate of drug-likeness (QED) is 0.233. The summed E-state index contributed by atoms with van der Waals surface area (Å²) in [6, 6.07) is 27.6. The van der Waals surface area contributed by atoms with Crippen molar-refractivity contribution in [3.05, 3.63) is 117 Å². The first kappa shape index (κ1) is 25.1. The third-order valence-electron chi connectivity index (χ3n) is 8.23. The summed E-state index contributed by atoms with van der Waals surface area (Å²) < 4.78 is 2.79. The van der Waals surface area contributed by atoms with E-state index in [1.165, 1.54) is 0 Å². The van der Waals surface area contributed by atoms with Crippen molar-refractivity contribution in [3.63, 3.8) is 0 Å². The highest BCUT2D eigenvalue weighted by Crippen LogP contribution is 2.40. The van der Waals surface area contributed by atoms with Gasteiger partial charge < -0.3 is 10.1 Å². The zero-order chi connectivity index (χ0) is 27.0. The molecule has 1 unspecified atom stereocenters. The Morgan fingerprint density at radius 1 is 0.846 bits per heavy atom. The molecule has 3 heterocycles. The summed E-state index contributed by atoms with van der Waals surface area (Å²) in [5.41, 5.74) is 3.66. The molecule has 0 N–H and O–H groups in total. The molecule has 0 amide bonds. The maximum absolute atomic E-state index is 14.8. The molecule has 4 aromatic rings. The van der Waals surface area contributed by atoms with Gasteiger partial charge in [-0.3, -0.25) is 9.36 Å². The zero-order valence-electron chi connectivity index (χ0n) is 22.6. The first-order valence-electron chi connectivity index (χ1n) is 13.9. The fourth-order valence-corrected chi connectivity index (χ4v) is 6.01. The molecule has 1 saturated heterocycles. The third kappa shape index (κ3) is 4.44. The molecule has 6 nitrogen and oxygen atoms in total. The van der Waals surface area contributed by atoms with Crippen LogP contribution >= 0.6 is 0 Å². The first-order chi connectivity index (χ1) is 19.0. The van der Waals surface area contributed by atoms with Crippen LogP contribution in [0, 0.1) is 12.1 Å². The van der Waals surface area contributed by atoms with Crippen LogP contribution in [0.4, 0.5) is 5.82 Å². The molecule has 6 rings (SSSR count). The Morgan fingerprint density at radius 3 is 2.15 bits per heavy atom. The van der Waals surface area contributed by atoms with Crippen LogP contribution in [0.25, 0.3) is 17.1 Å². The Hall–Kier alpha value is -4.19. The zero-order valence-corrected chi connectivity index (χ0v) is 22.6. The third-order valence-corrected chi connectivity index (χ3v) is 8.23. The van der Waals surface area contributed by atoms with Crippen LogP contribution in [0.15, 0.2) is 89.7 Å². The number of para-hydroxylation sites is 1. The summed E-state index contributed by atoms with van der Waals surface area (Å²) in [7, 11) is 0. The molecule has 0 saturated carbocycles. The summed E-state index contributed by atoms with van der Waals surface area (Å²) in [6.45, 7) is 5.61. The SMILES string of the molecule is Cc1ccc(C2=[N+]([O-])C(C)(c3c(N4CCCCC4)nc(-c4ccccc4)n(-c4ccccc4)c3=O)CC2)cc1. The first-order valence-corrected chi connectivity index (χ1v) is 13.9. The van der Waals surface area contributed by atoms with Crippen molar-refractivity contribution in [3.8, 4) is 17.1 Å². The average molecular weight is 519 g/mol. The van der Waals surface area contributed by atoms with Gasteiger partial charge in [-0.2, -0.15) is 4.74 Å². The van der Waals surface area contributed by atoms with E-state index in [4.69, 9.17) is 4.98 Å². The molecule has 0 bridgehead atoms. The van der Waals surface area contributed by atoms with Gasteiger partial charge >= 0.3 is 0 Å². The molecular formula is C33H34N4O2. The monoisotopic (exact) mass is 518 g/mol. The van der Waals surface area contributed by atoms with Crippen molar-refractivity contribution in [1.82, 2.24) is 9.55 Å². The molecule has 1 atom stereocenters. The maximum Gasteiger partial charge on any atom is 0.270 e. The highest BCUT2D eigenvalue weighted by Gasteiger charge is 2.49. The van der Waals surface area contributed by atoms with Gasteiger partial charge in [0.2, 0.25) is 5.54 Å². The molecule has 2 aliphatic rings. The van der Waals surface area contributed by atoms with Crippen LogP contribution in [0.5, 0.6) is 0 Å². The van der Waals surface area contributed by atoms with E-state index in [1.807, 2.05) is 98.8 Å². The number of hydroxylamine groups is 1. The number of piperidine rings is 1. The van der Waals surface area contributed by atoms with Gasteiger partial charge in [-0.25, -0.2) is 4.98 Å². The van der Waals surface area contributed by atoms with E-state index in [1.54, 1.807) is 4.57 Å². The lowest BCUT2D eigenvalue weighted by Crippen LogP contribution is -2.43. The van der Waals surface area contributed by atoms with Crippen molar-refractivity contribution in [1.29, 1.82) is 0 Å².